The largest absolute Gasteiger partial charge is 0.287 e. The molecule has 3 rings (SSSR count). The van der Waals surface area contributed by atoms with Gasteiger partial charge in [0, 0.05) is 18.6 Å². The Morgan fingerprint density at radius 3 is 2.55 bits per heavy atom. The maximum absolute atomic E-state index is 12.2. The number of hydrogen-bond acceptors (Lipinski definition) is 4. The highest BCUT2D eigenvalue weighted by molar-refractivity contribution is 6.07. The summed E-state index contributed by atoms with van der Waals surface area (Å²) in [6.07, 6.45) is 6.17. The predicted molar refractivity (Wildman–Crippen MR) is 73.2 cm³/mol. The molecule has 0 saturated heterocycles. The lowest BCUT2D eigenvalue weighted by Crippen LogP contribution is -2.06. The van der Waals surface area contributed by atoms with Crippen molar-refractivity contribution in [3.05, 3.63) is 78.1 Å². The molecular weight excluding hydrogens is 252 g/mol. The number of carbonyl (C=O) groups is 1. The molecule has 0 unspecified atom stereocenters. The van der Waals surface area contributed by atoms with Crippen LogP contribution in [0.1, 0.15) is 21.6 Å². The number of carbonyl (C=O) groups excluding carboxylic acids is 1. The molecule has 0 bridgehead atoms. The average molecular weight is 264 g/mol. The van der Waals surface area contributed by atoms with Crippen molar-refractivity contribution in [1.29, 1.82) is 0 Å². The topological polar surface area (TPSA) is 60.7 Å². The standard InChI is InChI=1S/C15H12N4O/c20-15(13-8-16-11-17-9-13)14-6-7-19(18-14)10-12-4-2-1-3-5-12/h1-9,11H,10H2. The average Bonchev–Trinajstić information content (AvgIpc) is 2.97. The van der Waals surface area contributed by atoms with Crippen molar-refractivity contribution in [3.8, 4) is 0 Å². The van der Waals surface area contributed by atoms with Gasteiger partial charge in [-0.25, -0.2) is 9.97 Å². The summed E-state index contributed by atoms with van der Waals surface area (Å²) in [5, 5.41) is 4.29. The van der Waals surface area contributed by atoms with Gasteiger partial charge in [0.05, 0.1) is 12.1 Å². The van der Waals surface area contributed by atoms with Crippen molar-refractivity contribution in [2.75, 3.05) is 0 Å². The second kappa shape index (κ2) is 5.44. The van der Waals surface area contributed by atoms with Gasteiger partial charge in [-0.05, 0) is 11.6 Å². The fourth-order valence-corrected chi connectivity index (χ4v) is 1.91. The van der Waals surface area contributed by atoms with Crippen LogP contribution in [0.25, 0.3) is 0 Å². The van der Waals surface area contributed by atoms with Crippen molar-refractivity contribution in [1.82, 2.24) is 19.7 Å². The molecule has 0 N–H and O–H groups in total. The van der Waals surface area contributed by atoms with Crippen molar-refractivity contribution in [2.45, 2.75) is 6.54 Å². The Balaban J connectivity index is 1.79. The van der Waals surface area contributed by atoms with E-state index in [1.54, 1.807) is 16.9 Å². The lowest BCUT2D eigenvalue weighted by molar-refractivity contribution is 0.103. The van der Waals surface area contributed by atoms with E-state index in [2.05, 4.69) is 15.1 Å². The Kier molecular flexibility index (Phi) is 3.33. The lowest BCUT2D eigenvalue weighted by Gasteiger charge is -2.01. The van der Waals surface area contributed by atoms with Gasteiger partial charge in [-0.1, -0.05) is 30.3 Å². The molecule has 2 heterocycles. The summed E-state index contributed by atoms with van der Waals surface area (Å²) in [4.78, 5) is 19.8. The van der Waals surface area contributed by atoms with Crippen LogP contribution in [0.5, 0.6) is 0 Å². The normalized spacial score (nSPS) is 10.4. The molecule has 0 saturated carbocycles. The molecule has 98 valence electrons. The van der Waals surface area contributed by atoms with Crippen LogP contribution in [0, 0.1) is 0 Å². The van der Waals surface area contributed by atoms with Crippen LogP contribution in [0.15, 0.2) is 61.3 Å². The van der Waals surface area contributed by atoms with Gasteiger partial charge in [-0.15, -0.1) is 0 Å². The van der Waals surface area contributed by atoms with Gasteiger partial charge in [-0.2, -0.15) is 5.10 Å². The van der Waals surface area contributed by atoms with Crippen molar-refractivity contribution in [3.63, 3.8) is 0 Å². The van der Waals surface area contributed by atoms with E-state index in [4.69, 9.17) is 0 Å². The van der Waals surface area contributed by atoms with E-state index in [0.717, 1.165) is 5.56 Å². The Bertz CT molecular complexity index is 707. The second-order valence-corrected chi connectivity index (χ2v) is 4.34. The van der Waals surface area contributed by atoms with Gasteiger partial charge in [0.2, 0.25) is 5.78 Å². The quantitative estimate of drug-likeness (QED) is 0.676. The van der Waals surface area contributed by atoms with Crippen molar-refractivity contribution >= 4 is 5.78 Å². The lowest BCUT2D eigenvalue weighted by atomic mass is 10.2. The van der Waals surface area contributed by atoms with Crippen LogP contribution < -0.4 is 0 Å². The van der Waals surface area contributed by atoms with Crippen LogP contribution in [-0.2, 0) is 6.54 Å². The molecule has 0 fully saturated rings. The van der Waals surface area contributed by atoms with Gasteiger partial charge in [0.15, 0.2) is 0 Å². The molecule has 0 aliphatic rings. The number of hydrogen-bond donors (Lipinski definition) is 0. The molecule has 5 nitrogen and oxygen atoms in total. The summed E-state index contributed by atoms with van der Waals surface area (Å²) in [6.45, 7) is 0.638. The highest BCUT2D eigenvalue weighted by Crippen LogP contribution is 2.07. The van der Waals surface area contributed by atoms with E-state index in [1.807, 2.05) is 30.3 Å². The van der Waals surface area contributed by atoms with Crippen LogP contribution in [0.3, 0.4) is 0 Å². The molecule has 0 radical (unpaired) electrons. The van der Waals surface area contributed by atoms with Crippen LogP contribution >= 0.6 is 0 Å². The van der Waals surface area contributed by atoms with Gasteiger partial charge in [0.1, 0.15) is 12.0 Å². The van der Waals surface area contributed by atoms with E-state index in [1.165, 1.54) is 18.7 Å². The molecule has 5 heteroatoms. The van der Waals surface area contributed by atoms with E-state index in [-0.39, 0.29) is 5.78 Å². The van der Waals surface area contributed by atoms with Crippen LogP contribution in [0.4, 0.5) is 0 Å². The number of nitrogens with zero attached hydrogens (tertiary/aromatic N) is 4. The first-order valence-corrected chi connectivity index (χ1v) is 6.20. The third kappa shape index (κ3) is 2.61. The molecule has 0 aliphatic heterocycles. The Morgan fingerprint density at radius 2 is 1.80 bits per heavy atom. The third-order valence-corrected chi connectivity index (χ3v) is 2.88. The number of benzene rings is 1. The van der Waals surface area contributed by atoms with Crippen LogP contribution in [-0.4, -0.2) is 25.5 Å². The second-order valence-electron chi connectivity index (χ2n) is 4.34. The zero-order valence-electron chi connectivity index (χ0n) is 10.7. The smallest absolute Gasteiger partial charge is 0.216 e. The molecule has 0 atom stereocenters. The Labute approximate surface area is 115 Å². The highest BCUT2D eigenvalue weighted by Gasteiger charge is 2.12. The minimum atomic E-state index is -0.169. The fourth-order valence-electron chi connectivity index (χ4n) is 1.91. The summed E-state index contributed by atoms with van der Waals surface area (Å²) in [6, 6.07) is 11.7. The number of aromatic nitrogens is 4. The zero-order chi connectivity index (χ0) is 13.8. The molecule has 0 amide bonds. The van der Waals surface area contributed by atoms with Gasteiger partial charge < -0.3 is 0 Å². The maximum atomic E-state index is 12.2. The number of rotatable bonds is 4. The summed E-state index contributed by atoms with van der Waals surface area (Å²) in [5.41, 5.74) is 1.98. The summed E-state index contributed by atoms with van der Waals surface area (Å²) >= 11 is 0. The van der Waals surface area contributed by atoms with Crippen molar-refractivity contribution < 1.29 is 4.79 Å². The minimum absolute atomic E-state index is 0.169. The minimum Gasteiger partial charge on any atom is -0.287 e. The van der Waals surface area contributed by atoms with Gasteiger partial charge in [-0.3, -0.25) is 9.48 Å². The first-order chi connectivity index (χ1) is 9.83. The Hall–Kier alpha value is -2.82. The molecular formula is C15H12N4O. The SMILES string of the molecule is O=C(c1cncnc1)c1ccn(Cc2ccccc2)n1. The van der Waals surface area contributed by atoms with Gasteiger partial charge in [0.25, 0.3) is 0 Å². The van der Waals surface area contributed by atoms with E-state index >= 15 is 0 Å². The predicted octanol–water partition coefficient (Wildman–Crippen LogP) is 1.95. The summed E-state index contributed by atoms with van der Waals surface area (Å²) in [5.74, 6) is -0.169. The van der Waals surface area contributed by atoms with Gasteiger partial charge >= 0.3 is 0 Å². The molecule has 20 heavy (non-hydrogen) atoms. The van der Waals surface area contributed by atoms with Crippen LogP contribution in [0.2, 0.25) is 0 Å². The molecule has 2 aromatic heterocycles. The Morgan fingerprint density at radius 1 is 1.05 bits per heavy atom. The molecule has 0 spiro atoms. The first-order valence-electron chi connectivity index (χ1n) is 6.20. The fraction of sp³-hybridized carbons (Fsp3) is 0.0667. The van der Waals surface area contributed by atoms with E-state index < -0.39 is 0 Å². The molecule has 0 aliphatic carbocycles. The number of ketones is 1. The van der Waals surface area contributed by atoms with E-state index in [9.17, 15) is 4.79 Å². The molecule has 1 aromatic carbocycles. The maximum Gasteiger partial charge on any atom is 0.216 e. The highest BCUT2D eigenvalue weighted by atomic mass is 16.1. The summed E-state index contributed by atoms with van der Waals surface area (Å²) in [7, 11) is 0. The van der Waals surface area contributed by atoms with Crippen molar-refractivity contribution in [2.24, 2.45) is 0 Å². The zero-order valence-corrected chi connectivity index (χ0v) is 10.7. The third-order valence-electron chi connectivity index (χ3n) is 2.88. The first kappa shape index (κ1) is 12.2. The monoisotopic (exact) mass is 264 g/mol. The van der Waals surface area contributed by atoms with E-state index in [0.29, 0.717) is 17.8 Å². The summed E-state index contributed by atoms with van der Waals surface area (Å²) < 4.78 is 1.74. The molecule has 3 aromatic rings.